The number of nitrogens with zero attached hydrogens (tertiary/aromatic N) is 2. The van der Waals surface area contributed by atoms with Gasteiger partial charge in [0.05, 0.1) is 9.85 Å². The molecule has 0 radical (unpaired) electrons. The summed E-state index contributed by atoms with van der Waals surface area (Å²) < 4.78 is 13.2. The van der Waals surface area contributed by atoms with Crippen LogP contribution >= 0.6 is 0 Å². The second kappa shape index (κ2) is 15.3. The van der Waals surface area contributed by atoms with E-state index in [1.165, 1.54) is 113 Å². The number of nitro groups is 2. The van der Waals surface area contributed by atoms with E-state index >= 15 is 0 Å². The molecule has 0 aliphatic heterocycles. The van der Waals surface area contributed by atoms with Gasteiger partial charge in [-0.2, -0.15) is 0 Å². The molecule has 8 saturated carbocycles. The molecule has 0 aromatic heterocycles. The monoisotopic (exact) mass is 876 g/mol. The molecular weight excluding hydrogens is 829 g/mol. The van der Waals surface area contributed by atoms with E-state index in [9.17, 15) is 30.4 Å². The van der Waals surface area contributed by atoms with Gasteiger partial charge in [0.2, 0.25) is 0 Å². The molecule has 330 valence electrons. The van der Waals surface area contributed by atoms with Crippen molar-refractivity contribution in [2.75, 3.05) is 0 Å². The second-order valence-corrected chi connectivity index (χ2v) is 20.7. The van der Waals surface area contributed by atoms with E-state index in [1.54, 1.807) is 0 Å². The quantitative estimate of drug-likeness (QED) is 0.0916. The van der Waals surface area contributed by atoms with Gasteiger partial charge in [-0.25, -0.2) is 0 Å². The molecule has 0 saturated heterocycles. The highest BCUT2D eigenvalue weighted by Gasteiger charge is 2.51. The second-order valence-electron chi connectivity index (χ2n) is 20.7. The molecule has 10 nitrogen and oxygen atoms in total. The Morgan fingerprint density at radius 1 is 0.485 bits per heavy atom. The van der Waals surface area contributed by atoms with Gasteiger partial charge in [0.1, 0.15) is 23.0 Å². The van der Waals surface area contributed by atoms with Crippen molar-refractivity contribution in [2.45, 2.75) is 77.0 Å². The van der Waals surface area contributed by atoms with E-state index in [0.29, 0.717) is 22.6 Å². The standard InChI is InChI=1S/C56H48N2O8/c59-49-25-43(5-9-47(49)57(61)62)65-51-11-3-41-23-33(13-15-55-27-35-17-36(28-55)19-37(18-35)29-55)1-7-45(41)53(51)54-46-8-2-34(14-16-56-30-38-20-39(31-56)22-40(21-38)32-56)24-42(46)4-12-52(54)66-44-6-10-48(58(63)64)50(60)26-44/h1-12,23-26,35-40,59-60H,17-22,27-32H2. The molecule has 2 N–H and O–H groups in total. The summed E-state index contributed by atoms with van der Waals surface area (Å²) >= 11 is 0. The minimum Gasteiger partial charge on any atom is -0.502 e. The lowest BCUT2D eigenvalue weighted by molar-refractivity contribution is -0.386. The van der Waals surface area contributed by atoms with Crippen molar-refractivity contribution in [3.63, 3.8) is 0 Å². The zero-order valence-electron chi connectivity index (χ0n) is 36.4. The number of benzene rings is 6. The van der Waals surface area contributed by atoms with Gasteiger partial charge in [-0.05, 0) is 183 Å². The number of fused-ring (bicyclic) bond motifs is 2. The van der Waals surface area contributed by atoms with Crippen LogP contribution in [0.25, 0.3) is 32.7 Å². The van der Waals surface area contributed by atoms with Gasteiger partial charge < -0.3 is 19.7 Å². The highest BCUT2D eigenvalue weighted by atomic mass is 16.6. The SMILES string of the molecule is O=[N+]([O-])c1ccc(Oc2ccc3cc(C#CC45CC6CC(CC(C6)C4)C5)ccc3c2-c2c(Oc3ccc([N+](=O)[O-])c(O)c3)ccc3cc(C#CC45CC6CC(CC(C6)C4)C5)ccc23)cc1O. The van der Waals surface area contributed by atoms with Crippen LogP contribution in [0, 0.1) is 90.2 Å². The van der Waals surface area contributed by atoms with E-state index < -0.39 is 32.7 Å². The van der Waals surface area contributed by atoms with Gasteiger partial charge in [-0.1, -0.05) is 47.9 Å². The summed E-state index contributed by atoms with van der Waals surface area (Å²) in [6.45, 7) is 0. The summed E-state index contributed by atoms with van der Waals surface area (Å²) in [4.78, 5) is 21.9. The third kappa shape index (κ3) is 7.24. The number of aromatic hydroxyl groups is 2. The van der Waals surface area contributed by atoms with Crippen molar-refractivity contribution in [1.29, 1.82) is 0 Å². The Morgan fingerprint density at radius 3 is 1.18 bits per heavy atom. The van der Waals surface area contributed by atoms with Gasteiger partial charge in [0.25, 0.3) is 0 Å². The van der Waals surface area contributed by atoms with E-state index in [0.717, 1.165) is 68.2 Å². The number of nitro benzene ring substituents is 2. The molecule has 0 spiro atoms. The fourth-order valence-electron chi connectivity index (χ4n) is 14.1. The average Bonchev–Trinajstić information content (AvgIpc) is 3.27. The Bertz CT molecular complexity index is 2900. The number of rotatable bonds is 7. The first-order valence-corrected chi connectivity index (χ1v) is 23.4. The zero-order valence-corrected chi connectivity index (χ0v) is 36.4. The third-order valence-electron chi connectivity index (χ3n) is 16.0. The number of ether oxygens (including phenoxy) is 2. The highest BCUT2D eigenvalue weighted by Crippen LogP contribution is 2.61. The number of phenols is 2. The molecule has 0 unspecified atom stereocenters. The zero-order chi connectivity index (χ0) is 44.9. The predicted molar refractivity (Wildman–Crippen MR) is 252 cm³/mol. The Balaban J connectivity index is 1.01. The van der Waals surface area contributed by atoms with Gasteiger partial charge in [-0.15, -0.1) is 0 Å². The largest absolute Gasteiger partial charge is 0.502 e. The first-order chi connectivity index (χ1) is 31.9. The lowest BCUT2D eigenvalue weighted by atomic mass is 9.50. The molecule has 8 fully saturated rings. The molecule has 10 heteroatoms. The minimum atomic E-state index is -0.651. The van der Waals surface area contributed by atoms with Crippen molar-refractivity contribution in [3.8, 4) is 69.3 Å². The maximum Gasteiger partial charge on any atom is 0.310 e. The molecule has 0 heterocycles. The molecule has 6 aromatic rings. The van der Waals surface area contributed by atoms with Crippen LogP contribution in [0.3, 0.4) is 0 Å². The lowest BCUT2D eigenvalue weighted by Gasteiger charge is -2.54. The van der Waals surface area contributed by atoms with E-state index in [1.807, 2.05) is 48.5 Å². The summed E-state index contributed by atoms with van der Waals surface area (Å²) in [5.74, 6) is 19.6. The lowest BCUT2D eigenvalue weighted by Crippen LogP contribution is -2.45. The van der Waals surface area contributed by atoms with Crippen molar-refractivity contribution in [3.05, 3.63) is 128 Å². The maximum absolute atomic E-state index is 11.6. The Hall–Kier alpha value is -7.04. The van der Waals surface area contributed by atoms with Gasteiger partial charge in [-0.3, -0.25) is 20.2 Å². The van der Waals surface area contributed by atoms with E-state index in [-0.39, 0.29) is 22.3 Å². The van der Waals surface area contributed by atoms with Crippen molar-refractivity contribution >= 4 is 32.9 Å². The molecule has 14 rings (SSSR count). The van der Waals surface area contributed by atoms with Gasteiger partial charge >= 0.3 is 11.4 Å². The Labute approximate surface area is 382 Å². The van der Waals surface area contributed by atoms with E-state index in [4.69, 9.17) is 9.47 Å². The molecule has 6 aromatic carbocycles. The van der Waals surface area contributed by atoms with Crippen molar-refractivity contribution in [2.24, 2.45) is 46.3 Å². The molecule has 66 heavy (non-hydrogen) atoms. The summed E-state index contributed by atoms with van der Waals surface area (Å²) in [7, 11) is 0. The normalized spacial score (nSPS) is 27.5. The molecular formula is C56H48N2O8. The van der Waals surface area contributed by atoms with Crippen LogP contribution in [-0.2, 0) is 0 Å². The molecule has 0 atom stereocenters. The Kier molecular flexibility index (Phi) is 9.36. The first-order valence-electron chi connectivity index (χ1n) is 23.4. The molecule has 0 amide bonds. The van der Waals surface area contributed by atoms with Crippen LogP contribution in [0.4, 0.5) is 11.4 Å². The highest BCUT2D eigenvalue weighted by molar-refractivity contribution is 6.10. The van der Waals surface area contributed by atoms with E-state index in [2.05, 4.69) is 35.8 Å². The van der Waals surface area contributed by atoms with Crippen LogP contribution in [0.1, 0.15) is 88.2 Å². The molecule has 8 bridgehead atoms. The summed E-state index contributed by atoms with van der Waals surface area (Å²) in [6.07, 6.45) is 15.2. The average molecular weight is 877 g/mol. The van der Waals surface area contributed by atoms with Crippen molar-refractivity contribution in [1.82, 2.24) is 0 Å². The number of phenolic OH excluding ortho intramolecular Hbond substituents is 2. The van der Waals surface area contributed by atoms with Crippen LogP contribution in [0.5, 0.6) is 34.5 Å². The van der Waals surface area contributed by atoms with Crippen LogP contribution < -0.4 is 9.47 Å². The first kappa shape index (κ1) is 40.5. The maximum atomic E-state index is 11.6. The molecule has 8 aliphatic carbocycles. The Morgan fingerprint density at radius 2 is 0.848 bits per heavy atom. The number of hydrogen-bond acceptors (Lipinski definition) is 8. The topological polar surface area (TPSA) is 145 Å². The predicted octanol–water partition coefficient (Wildman–Crippen LogP) is 13.6. The third-order valence-corrected chi connectivity index (χ3v) is 16.0. The van der Waals surface area contributed by atoms with Crippen molar-refractivity contribution < 1.29 is 29.5 Å². The summed E-state index contributed by atoms with van der Waals surface area (Å²) in [6, 6.07) is 27.8. The van der Waals surface area contributed by atoms with Gasteiger partial charge in [0, 0.05) is 57.3 Å². The fraction of sp³-hybridized carbons (Fsp3) is 0.357. The summed E-state index contributed by atoms with van der Waals surface area (Å²) in [5, 5.41) is 48.0. The number of hydrogen-bond donors (Lipinski definition) is 2. The fourth-order valence-corrected chi connectivity index (χ4v) is 14.1. The van der Waals surface area contributed by atoms with Gasteiger partial charge in [0.15, 0.2) is 11.5 Å². The molecule has 8 aliphatic rings. The van der Waals surface area contributed by atoms with Crippen LogP contribution in [0.15, 0.2) is 97.1 Å². The van der Waals surface area contributed by atoms with Crippen LogP contribution in [0.2, 0.25) is 0 Å². The van der Waals surface area contributed by atoms with Crippen LogP contribution in [-0.4, -0.2) is 20.1 Å². The smallest absolute Gasteiger partial charge is 0.310 e. The minimum absolute atomic E-state index is 0.0862. The summed E-state index contributed by atoms with van der Waals surface area (Å²) in [5.41, 5.74) is 2.40.